The van der Waals surface area contributed by atoms with Gasteiger partial charge in [-0.3, -0.25) is 9.59 Å². The molecule has 0 aromatic carbocycles. The Labute approximate surface area is 133 Å². The lowest BCUT2D eigenvalue weighted by Crippen LogP contribution is -2.11. The number of carbonyl (C=O) groups excluding carboxylic acids is 2. The molecule has 3 nitrogen and oxygen atoms in total. The molecule has 118 valence electrons. The Morgan fingerprint density at radius 1 is 1.10 bits per heavy atom. The number of Topliss-reactive ketones (excluding diaryl/α,β-unsaturated/α-hetero) is 1. The van der Waals surface area contributed by atoms with Crippen molar-refractivity contribution >= 4 is 36.1 Å². The lowest BCUT2D eigenvalue weighted by atomic mass is 10.1. The molecule has 20 heavy (non-hydrogen) atoms. The monoisotopic (exact) mass is 320 g/mol. The lowest BCUT2D eigenvalue weighted by Gasteiger charge is -2.10. The molecule has 0 radical (unpaired) electrons. The molecule has 0 aliphatic rings. The van der Waals surface area contributed by atoms with Crippen molar-refractivity contribution in [3.05, 3.63) is 0 Å². The zero-order chi connectivity index (χ0) is 15.4. The minimum Gasteiger partial charge on any atom is -0.463 e. The molecular formula is C15H28O3S2. The molecule has 0 aliphatic carbocycles. The molecule has 0 fully saturated rings. The van der Waals surface area contributed by atoms with Crippen LogP contribution in [-0.2, 0) is 14.3 Å². The first-order valence-corrected chi connectivity index (χ1v) is 9.25. The van der Waals surface area contributed by atoms with E-state index in [2.05, 4.69) is 12.6 Å². The number of thioether (sulfide) groups is 1. The van der Waals surface area contributed by atoms with Gasteiger partial charge in [-0.05, 0) is 45.1 Å². The summed E-state index contributed by atoms with van der Waals surface area (Å²) in [4.78, 5) is 22.8. The Hall–Kier alpha value is -0.160. The second-order valence-electron chi connectivity index (χ2n) is 5.26. The standard InChI is InChI=1S/C15H28O3S2/c1-12(2)18-15(17)7-5-4-6-14(19)9-8-13(16)10-11-20-3/h12,14,19H,4-11H2,1-3H3. The van der Waals surface area contributed by atoms with Crippen LogP contribution in [0.1, 0.15) is 58.8 Å². The molecule has 0 aliphatic heterocycles. The number of ether oxygens (including phenoxy) is 1. The number of unbranched alkanes of at least 4 members (excludes halogenated alkanes) is 1. The number of ketones is 1. The minimum absolute atomic E-state index is 0.0348. The van der Waals surface area contributed by atoms with Gasteiger partial charge >= 0.3 is 5.97 Å². The van der Waals surface area contributed by atoms with Gasteiger partial charge in [-0.15, -0.1) is 0 Å². The normalized spacial score (nSPS) is 12.4. The first-order chi connectivity index (χ1) is 9.45. The summed E-state index contributed by atoms with van der Waals surface area (Å²) in [6.45, 7) is 3.71. The van der Waals surface area contributed by atoms with Gasteiger partial charge in [0.1, 0.15) is 5.78 Å². The summed E-state index contributed by atoms with van der Waals surface area (Å²) in [5.74, 6) is 1.12. The highest BCUT2D eigenvalue weighted by Gasteiger charge is 2.09. The van der Waals surface area contributed by atoms with Gasteiger partial charge in [0.15, 0.2) is 0 Å². The average molecular weight is 321 g/mol. The minimum atomic E-state index is -0.122. The SMILES string of the molecule is CSCCC(=O)CCC(S)CCCCC(=O)OC(C)C. The van der Waals surface area contributed by atoms with Crippen molar-refractivity contribution in [2.45, 2.75) is 70.1 Å². The van der Waals surface area contributed by atoms with Crippen molar-refractivity contribution in [3.63, 3.8) is 0 Å². The zero-order valence-corrected chi connectivity index (χ0v) is 14.6. The van der Waals surface area contributed by atoms with E-state index < -0.39 is 0 Å². The maximum atomic E-state index is 11.5. The van der Waals surface area contributed by atoms with E-state index in [0.29, 0.717) is 25.0 Å². The number of rotatable bonds is 12. The molecule has 0 heterocycles. The Morgan fingerprint density at radius 2 is 1.80 bits per heavy atom. The van der Waals surface area contributed by atoms with Crippen LogP contribution in [0.15, 0.2) is 0 Å². The maximum Gasteiger partial charge on any atom is 0.306 e. The summed E-state index contributed by atoms with van der Waals surface area (Å²) in [6, 6.07) is 0. The number of hydrogen-bond donors (Lipinski definition) is 1. The second kappa shape index (κ2) is 12.6. The molecule has 0 spiro atoms. The predicted octanol–water partition coefficient (Wildman–Crippen LogP) is 3.90. The van der Waals surface area contributed by atoms with Crippen LogP contribution in [0.5, 0.6) is 0 Å². The Bertz CT molecular complexity index is 280. The van der Waals surface area contributed by atoms with E-state index in [1.807, 2.05) is 20.1 Å². The fraction of sp³-hybridized carbons (Fsp3) is 0.867. The smallest absolute Gasteiger partial charge is 0.306 e. The molecule has 1 unspecified atom stereocenters. The molecule has 0 rings (SSSR count). The first kappa shape index (κ1) is 19.8. The van der Waals surface area contributed by atoms with E-state index in [1.165, 1.54) is 0 Å². The fourth-order valence-electron chi connectivity index (χ4n) is 1.78. The number of carbonyl (C=O) groups is 2. The van der Waals surface area contributed by atoms with Crippen LogP contribution in [-0.4, -0.2) is 35.1 Å². The van der Waals surface area contributed by atoms with Gasteiger partial charge in [0, 0.05) is 24.5 Å². The van der Waals surface area contributed by atoms with Crippen LogP contribution >= 0.6 is 24.4 Å². The second-order valence-corrected chi connectivity index (χ2v) is 6.97. The highest BCUT2D eigenvalue weighted by atomic mass is 32.2. The van der Waals surface area contributed by atoms with Crippen LogP contribution in [0, 0.1) is 0 Å². The highest BCUT2D eigenvalue weighted by Crippen LogP contribution is 2.15. The molecule has 0 saturated heterocycles. The van der Waals surface area contributed by atoms with Crippen LogP contribution in [0.4, 0.5) is 0 Å². The number of esters is 1. The van der Waals surface area contributed by atoms with Gasteiger partial charge in [0.25, 0.3) is 0 Å². The number of thiol groups is 1. The van der Waals surface area contributed by atoms with Gasteiger partial charge < -0.3 is 4.74 Å². The molecule has 0 saturated carbocycles. The summed E-state index contributed by atoms with van der Waals surface area (Å²) in [5, 5.41) is 0.259. The predicted molar refractivity (Wildman–Crippen MR) is 89.7 cm³/mol. The molecule has 0 amide bonds. The number of hydrogen-bond acceptors (Lipinski definition) is 5. The lowest BCUT2D eigenvalue weighted by molar-refractivity contribution is -0.147. The third kappa shape index (κ3) is 12.9. The zero-order valence-electron chi connectivity index (χ0n) is 12.9. The van der Waals surface area contributed by atoms with E-state index in [1.54, 1.807) is 11.8 Å². The average Bonchev–Trinajstić information content (AvgIpc) is 2.38. The Balaban J connectivity index is 3.51. The molecule has 0 N–H and O–H groups in total. The van der Waals surface area contributed by atoms with Gasteiger partial charge in [-0.2, -0.15) is 24.4 Å². The molecular weight excluding hydrogens is 292 g/mol. The quantitative estimate of drug-likeness (QED) is 0.336. The molecule has 0 bridgehead atoms. The van der Waals surface area contributed by atoms with Gasteiger partial charge in [0.2, 0.25) is 0 Å². The summed E-state index contributed by atoms with van der Waals surface area (Å²) < 4.78 is 5.07. The van der Waals surface area contributed by atoms with Crippen molar-refractivity contribution < 1.29 is 14.3 Å². The molecule has 1 atom stereocenters. The van der Waals surface area contributed by atoms with Crippen molar-refractivity contribution in [2.75, 3.05) is 12.0 Å². The fourth-order valence-corrected chi connectivity index (χ4v) is 2.53. The summed E-state index contributed by atoms with van der Waals surface area (Å²) in [6.07, 6.45) is 7.34. The molecule has 0 aromatic heterocycles. The van der Waals surface area contributed by atoms with Crippen LogP contribution in [0.2, 0.25) is 0 Å². The van der Waals surface area contributed by atoms with Gasteiger partial charge in [-0.1, -0.05) is 6.42 Å². The Kier molecular flexibility index (Phi) is 12.5. The molecule has 5 heteroatoms. The van der Waals surface area contributed by atoms with Crippen LogP contribution < -0.4 is 0 Å². The maximum absolute atomic E-state index is 11.5. The Morgan fingerprint density at radius 3 is 2.40 bits per heavy atom. The van der Waals surface area contributed by atoms with Gasteiger partial charge in [0.05, 0.1) is 6.10 Å². The van der Waals surface area contributed by atoms with Crippen molar-refractivity contribution in [2.24, 2.45) is 0 Å². The van der Waals surface area contributed by atoms with E-state index in [9.17, 15) is 9.59 Å². The molecule has 0 aromatic rings. The highest BCUT2D eigenvalue weighted by molar-refractivity contribution is 7.98. The third-order valence-corrected chi connectivity index (χ3v) is 4.01. The largest absolute Gasteiger partial charge is 0.463 e. The summed E-state index contributed by atoms with van der Waals surface area (Å²) in [7, 11) is 0. The van der Waals surface area contributed by atoms with Gasteiger partial charge in [-0.25, -0.2) is 0 Å². The van der Waals surface area contributed by atoms with Crippen molar-refractivity contribution in [1.82, 2.24) is 0 Å². The van der Waals surface area contributed by atoms with Crippen molar-refractivity contribution in [3.8, 4) is 0 Å². The summed E-state index contributed by atoms with van der Waals surface area (Å²) >= 11 is 6.21. The van der Waals surface area contributed by atoms with E-state index >= 15 is 0 Å². The third-order valence-electron chi connectivity index (χ3n) is 2.88. The topological polar surface area (TPSA) is 43.4 Å². The van der Waals surface area contributed by atoms with E-state index in [0.717, 1.165) is 31.4 Å². The van der Waals surface area contributed by atoms with E-state index in [-0.39, 0.29) is 17.3 Å². The van der Waals surface area contributed by atoms with Crippen LogP contribution in [0.25, 0.3) is 0 Å². The van der Waals surface area contributed by atoms with E-state index in [4.69, 9.17) is 4.74 Å². The van der Waals surface area contributed by atoms with Crippen molar-refractivity contribution in [1.29, 1.82) is 0 Å². The van der Waals surface area contributed by atoms with Crippen LogP contribution in [0.3, 0.4) is 0 Å². The first-order valence-electron chi connectivity index (χ1n) is 7.34. The summed E-state index contributed by atoms with van der Waals surface area (Å²) in [5.41, 5.74) is 0.